The second-order valence-corrected chi connectivity index (χ2v) is 21.4. The van der Waals surface area contributed by atoms with Gasteiger partial charge in [-0.3, -0.25) is 0 Å². The van der Waals surface area contributed by atoms with Crippen LogP contribution in [0.25, 0.3) is 149 Å². The van der Waals surface area contributed by atoms with Crippen LogP contribution in [-0.4, -0.2) is 13.7 Å². The molecular formula is C77H51N3. The average molecular weight is 1020 g/mol. The van der Waals surface area contributed by atoms with E-state index in [1.165, 1.54) is 137 Å². The molecule has 3 heteroatoms. The van der Waals surface area contributed by atoms with Crippen LogP contribution in [0.3, 0.4) is 0 Å². The fourth-order valence-electron chi connectivity index (χ4n) is 12.8. The van der Waals surface area contributed by atoms with E-state index in [2.05, 4.69) is 312 Å². The van der Waals surface area contributed by atoms with Gasteiger partial charge in [-0.15, -0.1) is 0 Å². The van der Waals surface area contributed by atoms with Crippen LogP contribution >= 0.6 is 0 Å². The van der Waals surface area contributed by atoms with Crippen molar-refractivity contribution < 1.29 is 0 Å². The smallest absolute Gasteiger partial charge is 0.0541 e. The first-order valence-electron chi connectivity index (χ1n) is 27.6. The molecule has 0 atom stereocenters. The molecule has 0 bridgehead atoms. The number of nitrogens with zero attached hydrogens (tertiary/aromatic N) is 3. The molecule has 0 saturated heterocycles. The topological polar surface area (TPSA) is 14.8 Å². The maximum atomic E-state index is 2.44. The van der Waals surface area contributed by atoms with Crippen LogP contribution < -0.4 is 0 Å². The molecule has 16 rings (SSSR count). The molecule has 0 aliphatic carbocycles. The van der Waals surface area contributed by atoms with Crippen molar-refractivity contribution in [1.29, 1.82) is 0 Å². The zero-order valence-electron chi connectivity index (χ0n) is 44.1. The number of hydrogen-bond acceptors (Lipinski definition) is 0. The molecule has 13 aromatic carbocycles. The lowest BCUT2D eigenvalue weighted by atomic mass is 9.95. The zero-order chi connectivity index (χ0) is 52.8. The van der Waals surface area contributed by atoms with Crippen molar-refractivity contribution in [2.75, 3.05) is 0 Å². The van der Waals surface area contributed by atoms with Gasteiger partial charge in [0.1, 0.15) is 0 Å². The predicted molar refractivity (Wildman–Crippen MR) is 339 cm³/mol. The molecule has 374 valence electrons. The summed E-state index contributed by atoms with van der Waals surface area (Å²) in [5.41, 5.74) is 23.8. The SMILES string of the molecule is Cc1ccc(-n2c3ccc(-c4ccc5c(c4)c4cc(-c6ccccc6)ccc4n5-c4ccccc4)cc3c3cc(-c4ccc5c(c4)c4cc(-c6ccc(-c7cccc8ccccc78)cc6)ccc4n5-c4ccccc4)ccc32)cc1. The third-order valence-electron chi connectivity index (χ3n) is 16.7. The van der Waals surface area contributed by atoms with Crippen molar-refractivity contribution >= 4 is 76.2 Å². The Bertz CT molecular complexity index is 5070. The minimum atomic E-state index is 1.15. The van der Waals surface area contributed by atoms with Gasteiger partial charge in [-0.2, -0.15) is 0 Å². The average Bonchev–Trinajstić information content (AvgIpc) is 4.27. The van der Waals surface area contributed by atoms with Gasteiger partial charge in [0.2, 0.25) is 0 Å². The van der Waals surface area contributed by atoms with Crippen molar-refractivity contribution in [2.24, 2.45) is 0 Å². The molecule has 3 heterocycles. The van der Waals surface area contributed by atoms with Gasteiger partial charge in [-0.05, 0) is 183 Å². The Morgan fingerprint density at radius 2 is 0.500 bits per heavy atom. The molecule has 0 aliphatic heterocycles. The van der Waals surface area contributed by atoms with Gasteiger partial charge >= 0.3 is 0 Å². The molecule has 3 aromatic heterocycles. The second kappa shape index (κ2) is 18.3. The fourth-order valence-corrected chi connectivity index (χ4v) is 12.8. The van der Waals surface area contributed by atoms with Gasteiger partial charge in [0.15, 0.2) is 0 Å². The van der Waals surface area contributed by atoms with Crippen molar-refractivity contribution in [3.05, 3.63) is 297 Å². The molecule has 0 saturated carbocycles. The summed E-state index contributed by atoms with van der Waals surface area (Å²) in [6, 6.07) is 108. The lowest BCUT2D eigenvalue weighted by molar-refractivity contribution is 1.17. The second-order valence-electron chi connectivity index (χ2n) is 21.4. The van der Waals surface area contributed by atoms with Crippen LogP contribution in [-0.2, 0) is 0 Å². The first kappa shape index (κ1) is 45.7. The Morgan fingerprint density at radius 1 is 0.200 bits per heavy atom. The van der Waals surface area contributed by atoms with E-state index in [4.69, 9.17) is 0 Å². The summed E-state index contributed by atoms with van der Waals surface area (Å²) in [5, 5.41) is 9.87. The molecule has 16 aromatic rings. The first-order chi connectivity index (χ1) is 39.6. The third-order valence-corrected chi connectivity index (χ3v) is 16.7. The summed E-state index contributed by atoms with van der Waals surface area (Å²) in [7, 11) is 0. The van der Waals surface area contributed by atoms with E-state index in [1.54, 1.807) is 0 Å². The van der Waals surface area contributed by atoms with E-state index in [-0.39, 0.29) is 0 Å². The Kier molecular flexibility index (Phi) is 10.5. The highest BCUT2D eigenvalue weighted by atomic mass is 15.0. The van der Waals surface area contributed by atoms with Gasteiger partial charge in [-0.25, -0.2) is 0 Å². The van der Waals surface area contributed by atoms with E-state index in [9.17, 15) is 0 Å². The number of rotatable bonds is 8. The Hall–Kier alpha value is -10.5. The fraction of sp³-hybridized carbons (Fsp3) is 0.0130. The number of para-hydroxylation sites is 2. The first-order valence-corrected chi connectivity index (χ1v) is 27.6. The minimum Gasteiger partial charge on any atom is -0.309 e. The van der Waals surface area contributed by atoms with Crippen LogP contribution in [0.1, 0.15) is 5.56 Å². The van der Waals surface area contributed by atoms with Crippen molar-refractivity contribution in [3.63, 3.8) is 0 Å². The number of aryl methyl sites for hydroxylation is 1. The maximum absolute atomic E-state index is 2.44. The monoisotopic (exact) mass is 1020 g/mol. The number of fused-ring (bicyclic) bond motifs is 10. The van der Waals surface area contributed by atoms with Crippen LogP contribution in [0, 0.1) is 6.92 Å². The third kappa shape index (κ3) is 7.43. The van der Waals surface area contributed by atoms with E-state index in [0.717, 1.165) is 17.1 Å². The largest absolute Gasteiger partial charge is 0.309 e. The highest BCUT2D eigenvalue weighted by Crippen LogP contribution is 2.43. The van der Waals surface area contributed by atoms with Gasteiger partial charge in [0, 0.05) is 49.4 Å². The molecule has 0 unspecified atom stereocenters. The zero-order valence-corrected chi connectivity index (χ0v) is 44.1. The number of hydrogen-bond donors (Lipinski definition) is 0. The van der Waals surface area contributed by atoms with Crippen molar-refractivity contribution in [3.8, 4) is 72.7 Å². The quantitative estimate of drug-likeness (QED) is 0.144. The van der Waals surface area contributed by atoms with Gasteiger partial charge in [0.25, 0.3) is 0 Å². The van der Waals surface area contributed by atoms with E-state index in [1.807, 2.05) is 0 Å². The molecule has 0 spiro atoms. The Morgan fingerprint density at radius 3 is 0.912 bits per heavy atom. The molecule has 0 amide bonds. The standard InChI is InChI=1S/C77H51N3/c1-50-24-36-63(37-25-50)80-76-42-34-59(57-32-40-74-68(46-57)66-44-55(51-14-5-2-6-15-51)30-38-72(66)78(74)61-18-7-3-8-19-61)48-70(76)71-49-60(35-43-77(71)80)58-33-41-75-69(47-58)67-45-56(31-39-73(67)79(75)62-20-9-4-10-21-62)52-26-28-54(29-27-52)65-23-13-17-53-16-11-12-22-64(53)65/h2-49H,1H3. The van der Waals surface area contributed by atoms with Crippen LogP contribution in [0.5, 0.6) is 0 Å². The normalized spacial score (nSPS) is 11.8. The molecule has 0 radical (unpaired) electrons. The predicted octanol–water partition coefficient (Wildman–Crippen LogP) is 20.8. The van der Waals surface area contributed by atoms with Gasteiger partial charge in [0.05, 0.1) is 33.1 Å². The maximum Gasteiger partial charge on any atom is 0.0541 e. The van der Waals surface area contributed by atoms with E-state index >= 15 is 0 Å². The summed E-state index contributed by atoms with van der Waals surface area (Å²) in [5.74, 6) is 0. The number of aromatic nitrogens is 3. The Balaban J connectivity index is 0.848. The van der Waals surface area contributed by atoms with Crippen molar-refractivity contribution in [1.82, 2.24) is 13.7 Å². The summed E-state index contributed by atoms with van der Waals surface area (Å²) < 4.78 is 7.26. The van der Waals surface area contributed by atoms with Crippen LogP contribution in [0.4, 0.5) is 0 Å². The summed E-state index contributed by atoms with van der Waals surface area (Å²) >= 11 is 0. The summed E-state index contributed by atoms with van der Waals surface area (Å²) in [4.78, 5) is 0. The molecule has 0 fully saturated rings. The summed E-state index contributed by atoms with van der Waals surface area (Å²) in [6.45, 7) is 2.16. The van der Waals surface area contributed by atoms with E-state index in [0.29, 0.717) is 0 Å². The molecule has 0 N–H and O–H groups in total. The van der Waals surface area contributed by atoms with Gasteiger partial charge in [-0.1, -0.05) is 188 Å². The van der Waals surface area contributed by atoms with E-state index < -0.39 is 0 Å². The summed E-state index contributed by atoms with van der Waals surface area (Å²) in [6.07, 6.45) is 0. The molecule has 3 nitrogen and oxygen atoms in total. The lowest BCUT2D eigenvalue weighted by Gasteiger charge is -2.10. The highest BCUT2D eigenvalue weighted by Gasteiger charge is 2.20. The Labute approximate surface area is 463 Å². The highest BCUT2D eigenvalue weighted by molar-refractivity contribution is 6.15. The lowest BCUT2D eigenvalue weighted by Crippen LogP contribution is -1.94. The molecular weight excluding hydrogens is 967 g/mol. The van der Waals surface area contributed by atoms with Crippen LogP contribution in [0.15, 0.2) is 291 Å². The molecule has 0 aliphatic rings. The van der Waals surface area contributed by atoms with Crippen molar-refractivity contribution in [2.45, 2.75) is 6.92 Å². The minimum absolute atomic E-state index is 1.15. The van der Waals surface area contributed by atoms with Crippen LogP contribution in [0.2, 0.25) is 0 Å². The van der Waals surface area contributed by atoms with Gasteiger partial charge < -0.3 is 13.7 Å². The number of benzene rings is 13. The molecule has 80 heavy (non-hydrogen) atoms.